The third kappa shape index (κ3) is 0.485. The third-order valence-corrected chi connectivity index (χ3v) is 3.08. The van der Waals surface area contributed by atoms with Crippen LogP contribution < -0.4 is 10.6 Å². The van der Waals surface area contributed by atoms with Crippen molar-refractivity contribution >= 4 is 0 Å². The van der Waals surface area contributed by atoms with Gasteiger partial charge in [0.05, 0.1) is 0 Å². The SMILES string of the molecule is C1NCC2NC1C1CC21. The molecular weight excluding hydrogens is 112 g/mol. The predicted octanol–water partition coefficient (Wildman–Crippen LogP) is -0.434. The number of piperidine rings is 1. The molecule has 0 aromatic rings. The van der Waals surface area contributed by atoms with Crippen LogP contribution in [0.15, 0.2) is 0 Å². The Morgan fingerprint density at radius 1 is 1.00 bits per heavy atom. The molecule has 2 saturated heterocycles. The first-order valence-corrected chi connectivity index (χ1v) is 3.92. The van der Waals surface area contributed by atoms with Gasteiger partial charge >= 0.3 is 0 Å². The molecule has 2 aliphatic heterocycles. The molecule has 1 aliphatic carbocycles. The lowest BCUT2D eigenvalue weighted by Crippen LogP contribution is -2.51. The second-order valence-electron chi connectivity index (χ2n) is 3.60. The molecule has 0 aromatic carbocycles. The van der Waals surface area contributed by atoms with Crippen LogP contribution in [0.25, 0.3) is 0 Å². The summed E-state index contributed by atoms with van der Waals surface area (Å²) in [7, 11) is 0. The molecule has 9 heavy (non-hydrogen) atoms. The molecule has 1 saturated carbocycles. The highest BCUT2D eigenvalue weighted by molar-refractivity contribution is 5.11. The van der Waals surface area contributed by atoms with E-state index < -0.39 is 0 Å². The molecule has 2 heteroatoms. The summed E-state index contributed by atoms with van der Waals surface area (Å²) in [4.78, 5) is 0. The Labute approximate surface area is 55.0 Å². The van der Waals surface area contributed by atoms with Gasteiger partial charge in [-0.1, -0.05) is 0 Å². The maximum Gasteiger partial charge on any atom is 0.0227 e. The molecule has 2 bridgehead atoms. The first-order valence-electron chi connectivity index (χ1n) is 3.92. The lowest BCUT2D eigenvalue weighted by Gasteiger charge is -2.25. The molecule has 4 unspecified atom stereocenters. The molecule has 0 spiro atoms. The summed E-state index contributed by atoms with van der Waals surface area (Å²) < 4.78 is 0. The summed E-state index contributed by atoms with van der Waals surface area (Å²) in [5, 5.41) is 7.07. The van der Waals surface area contributed by atoms with E-state index >= 15 is 0 Å². The Morgan fingerprint density at radius 2 is 1.67 bits per heavy atom. The van der Waals surface area contributed by atoms with Crippen LogP contribution in [0.1, 0.15) is 6.42 Å². The topological polar surface area (TPSA) is 24.1 Å². The van der Waals surface area contributed by atoms with Crippen molar-refractivity contribution in [1.82, 2.24) is 10.6 Å². The van der Waals surface area contributed by atoms with Gasteiger partial charge in [-0.15, -0.1) is 0 Å². The number of hydrogen-bond acceptors (Lipinski definition) is 2. The van der Waals surface area contributed by atoms with Crippen LogP contribution in [0.2, 0.25) is 0 Å². The zero-order chi connectivity index (χ0) is 5.84. The van der Waals surface area contributed by atoms with Crippen LogP contribution in [-0.4, -0.2) is 25.2 Å². The lowest BCUT2D eigenvalue weighted by atomic mass is 10.2. The van der Waals surface area contributed by atoms with Gasteiger partial charge in [-0.3, -0.25) is 0 Å². The highest BCUT2D eigenvalue weighted by Gasteiger charge is 2.55. The summed E-state index contributed by atoms with van der Waals surface area (Å²) in [5.74, 6) is 2.12. The highest BCUT2D eigenvalue weighted by atomic mass is 15.2. The molecule has 0 radical (unpaired) electrons. The number of rotatable bonds is 0. The molecule has 0 amide bonds. The molecule has 2 heterocycles. The maximum absolute atomic E-state index is 3.63. The van der Waals surface area contributed by atoms with Crippen molar-refractivity contribution in [3.63, 3.8) is 0 Å². The third-order valence-electron chi connectivity index (χ3n) is 3.08. The molecule has 4 atom stereocenters. The van der Waals surface area contributed by atoms with Gasteiger partial charge in [-0.2, -0.15) is 0 Å². The zero-order valence-electron chi connectivity index (χ0n) is 5.43. The highest BCUT2D eigenvalue weighted by Crippen LogP contribution is 2.49. The molecule has 3 rings (SSSR count). The van der Waals surface area contributed by atoms with Crippen LogP contribution in [0.5, 0.6) is 0 Å². The monoisotopic (exact) mass is 124 g/mol. The average Bonchev–Trinajstić information content (AvgIpc) is 2.62. The minimum atomic E-state index is 0.841. The molecule has 0 aromatic heterocycles. The Morgan fingerprint density at radius 3 is 2.22 bits per heavy atom. The van der Waals surface area contributed by atoms with E-state index in [2.05, 4.69) is 10.6 Å². The molecule has 2 N–H and O–H groups in total. The van der Waals surface area contributed by atoms with E-state index in [1.165, 1.54) is 19.5 Å². The van der Waals surface area contributed by atoms with Gasteiger partial charge in [0.15, 0.2) is 0 Å². The fourth-order valence-corrected chi connectivity index (χ4v) is 2.50. The first kappa shape index (κ1) is 4.69. The van der Waals surface area contributed by atoms with E-state index in [-0.39, 0.29) is 0 Å². The predicted molar refractivity (Wildman–Crippen MR) is 35.2 cm³/mol. The fourth-order valence-electron chi connectivity index (χ4n) is 2.50. The van der Waals surface area contributed by atoms with E-state index in [1.807, 2.05) is 0 Å². The van der Waals surface area contributed by atoms with Crippen LogP contribution in [0.3, 0.4) is 0 Å². The van der Waals surface area contributed by atoms with Gasteiger partial charge in [0.2, 0.25) is 0 Å². The number of piperazine rings is 1. The summed E-state index contributed by atoms with van der Waals surface area (Å²) >= 11 is 0. The van der Waals surface area contributed by atoms with Crippen molar-refractivity contribution in [3.8, 4) is 0 Å². The molecule has 3 fully saturated rings. The van der Waals surface area contributed by atoms with E-state index in [4.69, 9.17) is 0 Å². The van der Waals surface area contributed by atoms with Crippen LogP contribution in [0.4, 0.5) is 0 Å². The summed E-state index contributed by atoms with van der Waals surface area (Å²) in [6, 6.07) is 1.68. The second-order valence-corrected chi connectivity index (χ2v) is 3.60. The van der Waals surface area contributed by atoms with Gasteiger partial charge in [0.1, 0.15) is 0 Å². The average molecular weight is 124 g/mol. The standard InChI is InChI=1S/C7H12N2/c1-4-5(1)7-3-8-2-6(4)9-7/h4-9H,1-3H2. The Balaban J connectivity index is 1.92. The molecule has 3 aliphatic rings. The van der Waals surface area contributed by atoms with Gasteiger partial charge in [0, 0.05) is 25.2 Å². The van der Waals surface area contributed by atoms with Crippen molar-refractivity contribution < 1.29 is 0 Å². The van der Waals surface area contributed by atoms with Crippen LogP contribution >= 0.6 is 0 Å². The van der Waals surface area contributed by atoms with Crippen molar-refractivity contribution in [2.75, 3.05) is 13.1 Å². The van der Waals surface area contributed by atoms with E-state index in [0.717, 1.165) is 23.9 Å². The van der Waals surface area contributed by atoms with Gasteiger partial charge in [-0.25, -0.2) is 0 Å². The first-order chi connectivity index (χ1) is 4.45. The summed E-state index contributed by atoms with van der Waals surface area (Å²) in [5.41, 5.74) is 0. The quantitative estimate of drug-likeness (QED) is 0.458. The maximum atomic E-state index is 3.63. The molecular formula is C7H12N2. The Bertz CT molecular complexity index is 132. The molecule has 2 nitrogen and oxygen atoms in total. The Kier molecular flexibility index (Phi) is 0.691. The van der Waals surface area contributed by atoms with Crippen LogP contribution in [0, 0.1) is 11.8 Å². The van der Waals surface area contributed by atoms with Crippen molar-refractivity contribution in [2.45, 2.75) is 18.5 Å². The van der Waals surface area contributed by atoms with Crippen molar-refractivity contribution in [1.29, 1.82) is 0 Å². The fraction of sp³-hybridized carbons (Fsp3) is 1.00. The number of nitrogens with one attached hydrogen (secondary N) is 2. The smallest absolute Gasteiger partial charge is 0.0227 e. The van der Waals surface area contributed by atoms with Gasteiger partial charge < -0.3 is 10.6 Å². The lowest BCUT2D eigenvalue weighted by molar-refractivity contribution is 0.370. The minimum Gasteiger partial charge on any atom is -0.314 e. The number of hydrogen-bond donors (Lipinski definition) is 2. The number of fused-ring (bicyclic) bond motifs is 5. The second kappa shape index (κ2) is 1.32. The summed E-state index contributed by atoms with van der Waals surface area (Å²) in [6.07, 6.45) is 1.52. The normalized spacial score (nSPS) is 61.3. The van der Waals surface area contributed by atoms with E-state index in [1.54, 1.807) is 0 Å². The largest absolute Gasteiger partial charge is 0.314 e. The minimum absolute atomic E-state index is 0.841. The van der Waals surface area contributed by atoms with E-state index in [0.29, 0.717) is 0 Å². The van der Waals surface area contributed by atoms with Gasteiger partial charge in [0.25, 0.3) is 0 Å². The van der Waals surface area contributed by atoms with Crippen molar-refractivity contribution in [3.05, 3.63) is 0 Å². The van der Waals surface area contributed by atoms with Crippen molar-refractivity contribution in [2.24, 2.45) is 11.8 Å². The molecule has 50 valence electrons. The van der Waals surface area contributed by atoms with Gasteiger partial charge in [-0.05, 0) is 18.3 Å². The Hall–Kier alpha value is -0.0800. The van der Waals surface area contributed by atoms with E-state index in [9.17, 15) is 0 Å². The van der Waals surface area contributed by atoms with Crippen LogP contribution in [-0.2, 0) is 0 Å². The summed E-state index contributed by atoms with van der Waals surface area (Å²) in [6.45, 7) is 2.44. The zero-order valence-corrected chi connectivity index (χ0v) is 5.43.